The Bertz CT molecular complexity index is 833. The zero-order valence-corrected chi connectivity index (χ0v) is 16.1. The number of Topliss-reactive ketones (excluding diaryl/α,β-unsaturated/α-hetero) is 1. The zero-order valence-electron chi connectivity index (χ0n) is 15.3. The quantitative estimate of drug-likeness (QED) is 0.798. The molecule has 26 heavy (non-hydrogen) atoms. The molecule has 0 saturated heterocycles. The van der Waals surface area contributed by atoms with Crippen LogP contribution in [0.15, 0.2) is 58.0 Å². The van der Waals surface area contributed by atoms with Crippen molar-refractivity contribution in [3.63, 3.8) is 0 Å². The fraction of sp³-hybridized carbons (Fsp3) is 0.333. The number of carbonyl (C=O) groups is 1. The predicted molar refractivity (Wildman–Crippen MR) is 105 cm³/mol. The van der Waals surface area contributed by atoms with Gasteiger partial charge >= 0.3 is 0 Å². The number of aliphatic imine (C=N–C) groups is 1. The van der Waals surface area contributed by atoms with Crippen LogP contribution in [0.1, 0.15) is 50.1 Å². The molecule has 0 spiro atoms. The van der Waals surface area contributed by atoms with Gasteiger partial charge in [-0.1, -0.05) is 32.0 Å². The minimum Gasteiger partial charge on any atom is -0.343 e. The van der Waals surface area contributed by atoms with E-state index in [0.717, 1.165) is 34.8 Å². The van der Waals surface area contributed by atoms with Gasteiger partial charge in [0.2, 0.25) is 0 Å². The second-order valence-electron chi connectivity index (χ2n) is 6.21. The maximum atomic E-state index is 13.3. The first-order chi connectivity index (χ1) is 12.6. The number of ketones is 1. The maximum absolute atomic E-state index is 13.3. The fourth-order valence-corrected chi connectivity index (χ4v) is 3.66. The molecule has 2 heterocycles. The summed E-state index contributed by atoms with van der Waals surface area (Å²) < 4.78 is 13.3. The van der Waals surface area contributed by atoms with E-state index >= 15 is 0 Å². The van der Waals surface area contributed by atoms with Crippen molar-refractivity contribution in [2.24, 2.45) is 10.9 Å². The van der Waals surface area contributed by atoms with Gasteiger partial charge in [-0.05, 0) is 48.9 Å². The van der Waals surface area contributed by atoms with E-state index in [9.17, 15) is 9.18 Å². The lowest BCUT2D eigenvalue weighted by molar-refractivity contribution is -0.117. The molecule has 1 fully saturated rings. The van der Waals surface area contributed by atoms with E-state index in [4.69, 9.17) is 4.99 Å². The van der Waals surface area contributed by atoms with Crippen molar-refractivity contribution in [2.45, 2.75) is 39.7 Å². The minimum absolute atomic E-state index is 0.123. The minimum atomic E-state index is -0.378. The number of allylic oxidation sites excluding steroid dienone is 1. The van der Waals surface area contributed by atoms with Crippen molar-refractivity contribution in [1.29, 1.82) is 0 Å². The Hall–Kier alpha value is -2.27. The van der Waals surface area contributed by atoms with Crippen LogP contribution in [0.25, 0.3) is 0 Å². The van der Waals surface area contributed by atoms with Crippen LogP contribution in [-0.2, 0) is 4.79 Å². The van der Waals surface area contributed by atoms with Gasteiger partial charge in [-0.15, -0.1) is 11.3 Å². The van der Waals surface area contributed by atoms with Crippen LogP contribution in [0.5, 0.6) is 0 Å². The van der Waals surface area contributed by atoms with Gasteiger partial charge in [0.1, 0.15) is 17.7 Å². The summed E-state index contributed by atoms with van der Waals surface area (Å²) in [5, 5.41) is 5.29. The highest BCUT2D eigenvalue weighted by atomic mass is 32.1. The third-order valence-electron chi connectivity index (χ3n) is 4.40. The summed E-state index contributed by atoms with van der Waals surface area (Å²) in [6.07, 6.45) is 1.90. The van der Waals surface area contributed by atoms with E-state index in [-0.39, 0.29) is 23.6 Å². The van der Waals surface area contributed by atoms with E-state index in [1.54, 1.807) is 23.5 Å². The Morgan fingerprint density at radius 2 is 1.88 bits per heavy atom. The zero-order chi connectivity index (χ0) is 18.7. The summed E-state index contributed by atoms with van der Waals surface area (Å²) in [5.41, 5.74) is 2.40. The average molecular weight is 370 g/mol. The van der Waals surface area contributed by atoms with Gasteiger partial charge in [0.25, 0.3) is 0 Å². The average Bonchev–Trinajstić information content (AvgIpc) is 3.37. The van der Waals surface area contributed by atoms with E-state index in [2.05, 4.69) is 5.32 Å². The van der Waals surface area contributed by atoms with Gasteiger partial charge in [0.15, 0.2) is 5.78 Å². The molecule has 3 nitrogen and oxygen atoms in total. The Kier molecular flexibility index (Phi) is 5.67. The van der Waals surface area contributed by atoms with Gasteiger partial charge in [-0.25, -0.2) is 4.39 Å². The molecular weight excluding hydrogens is 347 g/mol. The van der Waals surface area contributed by atoms with E-state index in [0.29, 0.717) is 5.57 Å². The molecule has 0 amide bonds. The van der Waals surface area contributed by atoms with Crippen molar-refractivity contribution in [3.8, 4) is 0 Å². The van der Waals surface area contributed by atoms with Gasteiger partial charge < -0.3 is 5.32 Å². The highest BCUT2D eigenvalue weighted by Gasteiger charge is 2.38. The number of nitrogens with zero attached hydrogens (tertiary/aromatic N) is 1. The van der Waals surface area contributed by atoms with Crippen molar-refractivity contribution in [2.75, 3.05) is 0 Å². The third kappa shape index (κ3) is 3.78. The maximum Gasteiger partial charge on any atom is 0.166 e. The number of benzene rings is 1. The Labute approximate surface area is 157 Å². The van der Waals surface area contributed by atoms with Crippen LogP contribution in [0.3, 0.4) is 0 Å². The molecule has 1 aromatic heterocycles. The first kappa shape index (κ1) is 18.5. The molecule has 1 N–H and O–H groups in total. The molecule has 2 aliphatic rings. The Morgan fingerprint density at radius 3 is 2.46 bits per heavy atom. The molecule has 1 aromatic carbocycles. The molecule has 1 aliphatic carbocycles. The number of halogens is 1. The summed E-state index contributed by atoms with van der Waals surface area (Å²) in [6.45, 7) is 5.93. The molecule has 1 unspecified atom stereocenters. The van der Waals surface area contributed by atoms with E-state index in [1.165, 1.54) is 12.1 Å². The number of amidine groups is 1. The van der Waals surface area contributed by atoms with E-state index < -0.39 is 0 Å². The highest BCUT2D eigenvalue weighted by molar-refractivity contribution is 7.12. The van der Waals surface area contributed by atoms with Gasteiger partial charge in [0, 0.05) is 17.2 Å². The van der Waals surface area contributed by atoms with Crippen LogP contribution in [-0.4, -0.2) is 11.6 Å². The molecule has 2 aromatic rings. The molecule has 1 saturated carbocycles. The third-order valence-corrected chi connectivity index (χ3v) is 5.27. The molecule has 136 valence electrons. The smallest absolute Gasteiger partial charge is 0.166 e. The predicted octanol–water partition coefficient (Wildman–Crippen LogP) is 5.26. The summed E-state index contributed by atoms with van der Waals surface area (Å²) in [5.74, 6) is 0.775. The van der Waals surface area contributed by atoms with Gasteiger partial charge in [-0.3, -0.25) is 9.79 Å². The molecule has 0 radical (unpaired) electrons. The Morgan fingerprint density at radius 1 is 1.19 bits per heavy atom. The first-order valence-corrected chi connectivity index (χ1v) is 9.90. The van der Waals surface area contributed by atoms with Crippen LogP contribution in [0, 0.1) is 11.7 Å². The second kappa shape index (κ2) is 7.96. The Balaban J connectivity index is 0.000000948. The number of thiophene rings is 1. The van der Waals surface area contributed by atoms with Crippen molar-refractivity contribution in [3.05, 3.63) is 69.3 Å². The number of hydrogen-bond acceptors (Lipinski definition) is 4. The molecule has 0 bridgehead atoms. The summed E-state index contributed by atoms with van der Waals surface area (Å²) in [6, 6.07) is 9.87. The number of hydrogen-bond donors (Lipinski definition) is 1. The largest absolute Gasteiger partial charge is 0.343 e. The molecule has 5 heteroatoms. The number of rotatable bonds is 4. The van der Waals surface area contributed by atoms with Gasteiger partial charge in [0.05, 0.1) is 4.88 Å². The lowest BCUT2D eigenvalue weighted by Gasteiger charge is -2.26. The first-order valence-electron chi connectivity index (χ1n) is 9.02. The number of carbonyl (C=O) groups excluding carboxylic acids is 1. The standard InChI is InChI=1S/C19H17FN2OS.C2H6/c1-11-16(18(23)13-4-5-13)17(12-6-8-14(20)9-7-12)22-19(21-11)15-3-2-10-24-15;1-2/h2-3,6-10,13,17H,4-5H2,1H3,(H,21,22);1-2H3. The second-order valence-corrected chi connectivity index (χ2v) is 7.16. The van der Waals surface area contributed by atoms with Crippen molar-refractivity contribution in [1.82, 2.24) is 5.32 Å². The van der Waals surface area contributed by atoms with Crippen LogP contribution in [0.4, 0.5) is 4.39 Å². The van der Waals surface area contributed by atoms with Crippen molar-refractivity contribution >= 4 is 23.0 Å². The summed E-state index contributed by atoms with van der Waals surface area (Å²) in [4.78, 5) is 18.6. The van der Waals surface area contributed by atoms with Crippen LogP contribution >= 0.6 is 11.3 Å². The lowest BCUT2D eigenvalue weighted by Crippen LogP contribution is -2.32. The highest BCUT2D eigenvalue weighted by Crippen LogP contribution is 2.40. The van der Waals surface area contributed by atoms with E-state index in [1.807, 2.05) is 38.3 Å². The monoisotopic (exact) mass is 370 g/mol. The molecule has 1 aliphatic heterocycles. The van der Waals surface area contributed by atoms with Crippen LogP contribution in [0.2, 0.25) is 0 Å². The number of nitrogens with one attached hydrogen (secondary N) is 1. The lowest BCUT2D eigenvalue weighted by atomic mass is 9.91. The van der Waals surface area contributed by atoms with Crippen LogP contribution < -0.4 is 5.32 Å². The SMILES string of the molecule is CC.CC1=C(C(=O)C2CC2)C(c2ccc(F)cc2)N=C(c2cccs2)N1. The summed E-state index contributed by atoms with van der Waals surface area (Å²) in [7, 11) is 0. The molecule has 1 atom stereocenters. The molecular formula is C21H23FN2OS. The topological polar surface area (TPSA) is 41.5 Å². The molecule has 4 rings (SSSR count). The van der Waals surface area contributed by atoms with Crippen molar-refractivity contribution < 1.29 is 9.18 Å². The normalized spacial score (nSPS) is 19.2. The van der Waals surface area contributed by atoms with Gasteiger partial charge in [-0.2, -0.15) is 0 Å². The fourth-order valence-electron chi connectivity index (χ4n) is 2.99. The summed E-state index contributed by atoms with van der Waals surface area (Å²) >= 11 is 1.60.